The van der Waals surface area contributed by atoms with E-state index in [1.165, 1.54) is 36.4 Å². The number of nitrogens with one attached hydrogen (secondary N) is 1. The SMILES string of the molecule is O=C(COC(=O)c1ccc(O)cc1O)NCc1ccc(F)cc1. The van der Waals surface area contributed by atoms with Gasteiger partial charge in [0.05, 0.1) is 0 Å². The van der Waals surface area contributed by atoms with Gasteiger partial charge in [0.1, 0.15) is 22.9 Å². The Morgan fingerprint density at radius 2 is 1.78 bits per heavy atom. The molecule has 120 valence electrons. The third-order valence-electron chi connectivity index (χ3n) is 2.94. The van der Waals surface area contributed by atoms with Crippen LogP contribution in [-0.2, 0) is 16.1 Å². The summed E-state index contributed by atoms with van der Waals surface area (Å²) < 4.78 is 17.5. The molecule has 6 nitrogen and oxygen atoms in total. The zero-order chi connectivity index (χ0) is 16.8. The first-order chi connectivity index (χ1) is 11.0. The predicted octanol–water partition coefficient (Wildman–Crippen LogP) is 1.71. The first kappa shape index (κ1) is 16.3. The van der Waals surface area contributed by atoms with Crippen molar-refractivity contribution in [2.45, 2.75) is 6.54 Å². The van der Waals surface area contributed by atoms with Crippen LogP contribution in [0.3, 0.4) is 0 Å². The van der Waals surface area contributed by atoms with Crippen molar-refractivity contribution in [2.24, 2.45) is 0 Å². The number of hydrogen-bond acceptors (Lipinski definition) is 5. The van der Waals surface area contributed by atoms with E-state index in [4.69, 9.17) is 9.84 Å². The van der Waals surface area contributed by atoms with Gasteiger partial charge in [0.15, 0.2) is 6.61 Å². The molecular formula is C16H14FNO5. The number of rotatable bonds is 5. The van der Waals surface area contributed by atoms with Crippen molar-refractivity contribution < 1.29 is 28.9 Å². The van der Waals surface area contributed by atoms with Gasteiger partial charge in [-0.1, -0.05) is 12.1 Å². The van der Waals surface area contributed by atoms with Crippen LogP contribution in [0.25, 0.3) is 0 Å². The third-order valence-corrected chi connectivity index (χ3v) is 2.94. The lowest BCUT2D eigenvalue weighted by Crippen LogP contribution is -2.28. The van der Waals surface area contributed by atoms with Crippen LogP contribution in [-0.4, -0.2) is 28.7 Å². The number of esters is 1. The van der Waals surface area contributed by atoms with Gasteiger partial charge in [-0.05, 0) is 29.8 Å². The van der Waals surface area contributed by atoms with Gasteiger partial charge in [-0.3, -0.25) is 4.79 Å². The van der Waals surface area contributed by atoms with Crippen molar-refractivity contribution in [1.82, 2.24) is 5.32 Å². The molecule has 0 fully saturated rings. The molecule has 0 aliphatic rings. The Balaban J connectivity index is 1.81. The second-order valence-electron chi connectivity index (χ2n) is 4.68. The van der Waals surface area contributed by atoms with E-state index in [0.29, 0.717) is 5.56 Å². The molecule has 0 heterocycles. The minimum Gasteiger partial charge on any atom is -0.508 e. The second kappa shape index (κ2) is 7.26. The van der Waals surface area contributed by atoms with Gasteiger partial charge in [0, 0.05) is 12.6 Å². The molecule has 0 radical (unpaired) electrons. The fourth-order valence-corrected chi connectivity index (χ4v) is 1.76. The minimum atomic E-state index is -0.889. The van der Waals surface area contributed by atoms with Gasteiger partial charge >= 0.3 is 5.97 Å². The van der Waals surface area contributed by atoms with E-state index < -0.39 is 24.2 Å². The standard InChI is InChI=1S/C16H14FNO5/c17-11-3-1-10(2-4-11)8-18-15(21)9-23-16(22)13-6-5-12(19)7-14(13)20/h1-7,19-20H,8-9H2,(H,18,21). The summed E-state index contributed by atoms with van der Waals surface area (Å²) in [5.41, 5.74) is 0.538. The first-order valence-corrected chi connectivity index (χ1v) is 6.66. The molecule has 23 heavy (non-hydrogen) atoms. The number of carbonyl (C=O) groups is 2. The summed E-state index contributed by atoms with van der Waals surface area (Å²) in [5, 5.41) is 21.2. The van der Waals surface area contributed by atoms with Crippen molar-refractivity contribution >= 4 is 11.9 Å². The summed E-state index contributed by atoms with van der Waals surface area (Å²) in [6, 6.07) is 8.98. The molecule has 3 N–H and O–H groups in total. The van der Waals surface area contributed by atoms with E-state index in [1.807, 2.05) is 0 Å². The molecule has 0 bridgehead atoms. The van der Waals surface area contributed by atoms with Gasteiger partial charge in [-0.2, -0.15) is 0 Å². The van der Waals surface area contributed by atoms with Gasteiger partial charge in [0.2, 0.25) is 0 Å². The maximum atomic E-state index is 12.7. The Hall–Kier alpha value is -3.09. The molecule has 0 aliphatic carbocycles. The van der Waals surface area contributed by atoms with Crippen molar-refractivity contribution in [2.75, 3.05) is 6.61 Å². The zero-order valence-electron chi connectivity index (χ0n) is 12.0. The van der Waals surface area contributed by atoms with E-state index in [9.17, 15) is 19.1 Å². The van der Waals surface area contributed by atoms with Crippen LogP contribution in [0.4, 0.5) is 4.39 Å². The molecule has 0 aliphatic heterocycles. The smallest absolute Gasteiger partial charge is 0.342 e. The number of aromatic hydroxyl groups is 2. The van der Waals surface area contributed by atoms with Crippen LogP contribution >= 0.6 is 0 Å². The molecule has 2 aromatic carbocycles. The van der Waals surface area contributed by atoms with Crippen LogP contribution in [0.2, 0.25) is 0 Å². The third kappa shape index (κ3) is 4.70. The maximum absolute atomic E-state index is 12.7. The molecule has 1 amide bonds. The van der Waals surface area contributed by atoms with Gasteiger partial charge in [-0.25, -0.2) is 9.18 Å². The Labute approximate surface area is 131 Å². The molecule has 0 saturated heterocycles. The fourth-order valence-electron chi connectivity index (χ4n) is 1.76. The molecule has 0 atom stereocenters. The molecule has 2 aromatic rings. The molecule has 7 heteroatoms. The quantitative estimate of drug-likeness (QED) is 0.729. The van der Waals surface area contributed by atoms with Crippen molar-refractivity contribution in [3.05, 3.63) is 59.4 Å². The van der Waals surface area contributed by atoms with Gasteiger partial charge < -0.3 is 20.3 Å². The highest BCUT2D eigenvalue weighted by atomic mass is 19.1. The zero-order valence-corrected chi connectivity index (χ0v) is 12.0. The second-order valence-corrected chi connectivity index (χ2v) is 4.68. The molecule has 0 aromatic heterocycles. The number of phenolic OH excluding ortho intramolecular Hbond substituents is 2. The van der Waals surface area contributed by atoms with Crippen molar-refractivity contribution in [1.29, 1.82) is 0 Å². The highest BCUT2D eigenvalue weighted by molar-refractivity contribution is 5.94. The van der Waals surface area contributed by atoms with Gasteiger partial charge in [0.25, 0.3) is 5.91 Å². The topological polar surface area (TPSA) is 95.9 Å². The van der Waals surface area contributed by atoms with Crippen molar-refractivity contribution in [3.8, 4) is 11.5 Å². The average Bonchev–Trinajstić information content (AvgIpc) is 2.52. The van der Waals surface area contributed by atoms with Crippen LogP contribution in [0.1, 0.15) is 15.9 Å². The molecule has 0 saturated carbocycles. The Bertz CT molecular complexity index is 715. The Morgan fingerprint density at radius 1 is 1.09 bits per heavy atom. The average molecular weight is 319 g/mol. The summed E-state index contributed by atoms with van der Waals surface area (Å²) in [6.45, 7) is -0.360. The van der Waals surface area contributed by atoms with E-state index in [0.717, 1.165) is 6.07 Å². The van der Waals surface area contributed by atoms with E-state index >= 15 is 0 Å². The summed E-state index contributed by atoms with van der Waals surface area (Å²) in [4.78, 5) is 23.3. The Morgan fingerprint density at radius 3 is 2.43 bits per heavy atom. The monoisotopic (exact) mass is 319 g/mol. The number of ether oxygens (including phenoxy) is 1. The largest absolute Gasteiger partial charge is 0.508 e. The van der Waals surface area contributed by atoms with E-state index in [-0.39, 0.29) is 23.7 Å². The Kier molecular flexibility index (Phi) is 5.14. The summed E-state index contributed by atoms with van der Waals surface area (Å²) in [7, 11) is 0. The molecule has 2 rings (SSSR count). The number of carbonyl (C=O) groups excluding carboxylic acids is 2. The molecule has 0 spiro atoms. The summed E-state index contributed by atoms with van der Waals surface area (Å²) >= 11 is 0. The summed E-state index contributed by atoms with van der Waals surface area (Å²) in [6.07, 6.45) is 0. The van der Waals surface area contributed by atoms with Gasteiger partial charge in [-0.15, -0.1) is 0 Å². The van der Waals surface area contributed by atoms with E-state index in [1.54, 1.807) is 0 Å². The van der Waals surface area contributed by atoms with Crippen LogP contribution in [0, 0.1) is 5.82 Å². The molecule has 0 unspecified atom stereocenters. The maximum Gasteiger partial charge on any atom is 0.342 e. The van der Waals surface area contributed by atoms with Crippen molar-refractivity contribution in [3.63, 3.8) is 0 Å². The fraction of sp³-hybridized carbons (Fsp3) is 0.125. The number of amides is 1. The van der Waals surface area contributed by atoms with Crippen LogP contribution < -0.4 is 5.32 Å². The normalized spacial score (nSPS) is 10.1. The first-order valence-electron chi connectivity index (χ1n) is 6.66. The predicted molar refractivity (Wildman–Crippen MR) is 78.3 cm³/mol. The summed E-state index contributed by atoms with van der Waals surface area (Å²) in [5.74, 6) is -2.44. The lowest BCUT2D eigenvalue weighted by molar-refractivity contribution is -0.124. The molecular weight excluding hydrogens is 305 g/mol. The number of halogens is 1. The van der Waals surface area contributed by atoms with E-state index in [2.05, 4.69) is 5.32 Å². The number of benzene rings is 2. The lowest BCUT2D eigenvalue weighted by Gasteiger charge is -2.08. The number of hydrogen-bond donors (Lipinski definition) is 3. The lowest BCUT2D eigenvalue weighted by atomic mass is 10.2. The highest BCUT2D eigenvalue weighted by Gasteiger charge is 2.14. The minimum absolute atomic E-state index is 0.158. The highest BCUT2D eigenvalue weighted by Crippen LogP contribution is 2.23. The van der Waals surface area contributed by atoms with Crippen LogP contribution in [0.5, 0.6) is 11.5 Å². The van der Waals surface area contributed by atoms with Crippen LogP contribution in [0.15, 0.2) is 42.5 Å². The number of phenols is 2.